The molecule has 2 N–H and O–H groups in total. The van der Waals surface area contributed by atoms with Gasteiger partial charge in [0.15, 0.2) is 0 Å². The topological polar surface area (TPSA) is 58.2 Å². The Labute approximate surface area is 188 Å². The highest BCUT2D eigenvalue weighted by Gasteiger charge is 2.24. The van der Waals surface area contributed by atoms with Gasteiger partial charge in [-0.15, -0.1) is 0 Å². The van der Waals surface area contributed by atoms with Crippen LogP contribution in [0.2, 0.25) is 15.1 Å². The molecule has 2 rings (SSSR count). The van der Waals surface area contributed by atoms with Crippen molar-refractivity contribution in [3.63, 3.8) is 0 Å². The number of thioether (sulfide) groups is 1. The van der Waals surface area contributed by atoms with Crippen LogP contribution in [0.5, 0.6) is 0 Å². The van der Waals surface area contributed by atoms with E-state index < -0.39 is 29.7 Å². The fourth-order valence-electron chi connectivity index (χ4n) is 2.65. The van der Waals surface area contributed by atoms with E-state index in [0.29, 0.717) is 22.8 Å². The maximum Gasteiger partial charge on any atom is 0.253 e. The molecule has 2 amide bonds. The molecular formula is C20H20Cl3FN2O2S. The van der Waals surface area contributed by atoms with E-state index in [1.54, 1.807) is 43.0 Å². The molecule has 2 atom stereocenters. The van der Waals surface area contributed by atoms with Gasteiger partial charge < -0.3 is 10.6 Å². The van der Waals surface area contributed by atoms with E-state index >= 15 is 0 Å². The number of hydrogen-bond acceptors (Lipinski definition) is 3. The molecule has 0 heterocycles. The Balaban J connectivity index is 2.15. The van der Waals surface area contributed by atoms with E-state index in [1.807, 2.05) is 6.26 Å². The van der Waals surface area contributed by atoms with Gasteiger partial charge in [0.2, 0.25) is 5.91 Å². The summed E-state index contributed by atoms with van der Waals surface area (Å²) in [6, 6.07) is 7.70. The Kier molecular flexibility index (Phi) is 9.08. The SMILES string of the molecule is CSCCC(NC(=O)c1ccccc1Cl)C(=O)NC(C)c1cc(F)c(Cl)cc1Cl. The molecule has 9 heteroatoms. The van der Waals surface area contributed by atoms with E-state index in [0.717, 1.165) is 0 Å². The molecule has 0 bridgehead atoms. The monoisotopic (exact) mass is 476 g/mol. The summed E-state index contributed by atoms with van der Waals surface area (Å²) in [5, 5.41) is 5.94. The van der Waals surface area contributed by atoms with Gasteiger partial charge in [0, 0.05) is 5.02 Å². The van der Waals surface area contributed by atoms with Crippen LogP contribution >= 0.6 is 46.6 Å². The van der Waals surface area contributed by atoms with Gasteiger partial charge in [-0.1, -0.05) is 46.9 Å². The molecule has 0 spiro atoms. The van der Waals surface area contributed by atoms with Gasteiger partial charge in [-0.25, -0.2) is 4.39 Å². The molecule has 0 aliphatic carbocycles. The van der Waals surface area contributed by atoms with Crippen LogP contribution in [0.1, 0.15) is 35.3 Å². The van der Waals surface area contributed by atoms with E-state index in [9.17, 15) is 14.0 Å². The van der Waals surface area contributed by atoms with Crippen molar-refractivity contribution in [2.24, 2.45) is 0 Å². The zero-order chi connectivity index (χ0) is 21.6. The van der Waals surface area contributed by atoms with Crippen molar-refractivity contribution in [1.29, 1.82) is 0 Å². The molecule has 0 saturated carbocycles. The first-order valence-corrected chi connectivity index (χ1v) is 11.3. The zero-order valence-corrected chi connectivity index (χ0v) is 18.9. The van der Waals surface area contributed by atoms with Gasteiger partial charge in [-0.2, -0.15) is 11.8 Å². The maximum atomic E-state index is 13.8. The highest BCUT2D eigenvalue weighted by atomic mass is 35.5. The van der Waals surface area contributed by atoms with Crippen LogP contribution in [0.4, 0.5) is 4.39 Å². The number of amides is 2. The van der Waals surface area contributed by atoms with Gasteiger partial charge in [-0.05, 0) is 55.2 Å². The smallest absolute Gasteiger partial charge is 0.253 e. The van der Waals surface area contributed by atoms with Crippen LogP contribution in [0.25, 0.3) is 0 Å². The van der Waals surface area contributed by atoms with Crippen molar-refractivity contribution in [2.75, 3.05) is 12.0 Å². The molecule has 2 unspecified atom stereocenters. The summed E-state index contributed by atoms with van der Waals surface area (Å²) in [7, 11) is 0. The average Bonchev–Trinajstić information content (AvgIpc) is 2.67. The third kappa shape index (κ3) is 6.51. The Morgan fingerprint density at radius 2 is 1.76 bits per heavy atom. The van der Waals surface area contributed by atoms with Crippen molar-refractivity contribution < 1.29 is 14.0 Å². The van der Waals surface area contributed by atoms with Gasteiger partial charge >= 0.3 is 0 Å². The first-order chi connectivity index (χ1) is 13.7. The van der Waals surface area contributed by atoms with Gasteiger partial charge in [0.1, 0.15) is 11.9 Å². The van der Waals surface area contributed by atoms with Crippen LogP contribution in [-0.4, -0.2) is 29.9 Å². The van der Waals surface area contributed by atoms with Crippen LogP contribution in [0, 0.1) is 5.82 Å². The molecule has 4 nitrogen and oxygen atoms in total. The van der Waals surface area contributed by atoms with Gasteiger partial charge in [0.05, 0.1) is 21.7 Å². The molecule has 156 valence electrons. The largest absolute Gasteiger partial charge is 0.348 e. The lowest BCUT2D eigenvalue weighted by molar-refractivity contribution is -0.123. The molecule has 29 heavy (non-hydrogen) atoms. The van der Waals surface area contributed by atoms with E-state index in [1.165, 1.54) is 12.1 Å². The predicted octanol–water partition coefficient (Wildman–Crippen LogP) is 5.51. The van der Waals surface area contributed by atoms with Crippen LogP contribution in [-0.2, 0) is 4.79 Å². The van der Waals surface area contributed by atoms with Crippen molar-refractivity contribution in [3.05, 3.63) is 68.4 Å². The number of halogens is 4. The molecule has 0 aromatic heterocycles. The lowest BCUT2D eigenvalue weighted by Crippen LogP contribution is -2.47. The third-order valence-electron chi connectivity index (χ3n) is 4.22. The van der Waals surface area contributed by atoms with Gasteiger partial charge in [-0.3, -0.25) is 9.59 Å². The Morgan fingerprint density at radius 3 is 2.41 bits per heavy atom. The second-order valence-electron chi connectivity index (χ2n) is 6.31. The van der Waals surface area contributed by atoms with Gasteiger partial charge in [0.25, 0.3) is 5.91 Å². The predicted molar refractivity (Wildman–Crippen MR) is 119 cm³/mol. The fourth-order valence-corrected chi connectivity index (χ4v) is 3.89. The quantitative estimate of drug-likeness (QED) is 0.493. The number of carbonyl (C=O) groups is 2. The lowest BCUT2D eigenvalue weighted by Gasteiger charge is -2.22. The normalized spacial score (nSPS) is 12.9. The Bertz CT molecular complexity index is 898. The minimum Gasteiger partial charge on any atom is -0.348 e. The average molecular weight is 478 g/mol. The molecule has 0 aliphatic rings. The summed E-state index contributed by atoms with van der Waals surface area (Å²) in [6.45, 7) is 1.67. The second-order valence-corrected chi connectivity index (χ2v) is 8.51. The minimum atomic E-state index is -0.787. The molecule has 2 aromatic rings. The number of nitrogens with one attached hydrogen (secondary N) is 2. The first-order valence-electron chi connectivity index (χ1n) is 8.73. The molecule has 0 radical (unpaired) electrons. The Hall–Kier alpha value is -1.47. The number of rotatable bonds is 8. The van der Waals surface area contributed by atoms with Crippen molar-refractivity contribution in [1.82, 2.24) is 10.6 Å². The molecule has 2 aromatic carbocycles. The van der Waals surface area contributed by atoms with E-state index in [-0.39, 0.29) is 15.6 Å². The number of benzene rings is 2. The van der Waals surface area contributed by atoms with Crippen LogP contribution in [0.3, 0.4) is 0 Å². The summed E-state index contributed by atoms with van der Waals surface area (Å²) in [5.41, 5.74) is 0.676. The molecule has 0 fully saturated rings. The second kappa shape index (κ2) is 11.1. The van der Waals surface area contributed by atoms with Crippen LogP contribution < -0.4 is 10.6 Å². The summed E-state index contributed by atoms with van der Waals surface area (Å²) >= 11 is 19.5. The summed E-state index contributed by atoms with van der Waals surface area (Å²) in [4.78, 5) is 25.4. The first kappa shape index (κ1) is 23.8. The highest BCUT2D eigenvalue weighted by molar-refractivity contribution is 7.98. The highest BCUT2D eigenvalue weighted by Crippen LogP contribution is 2.28. The fraction of sp³-hybridized carbons (Fsp3) is 0.300. The summed E-state index contributed by atoms with van der Waals surface area (Å²) in [6.07, 6.45) is 2.32. The number of hydrogen-bond donors (Lipinski definition) is 2. The molecule has 0 aliphatic heterocycles. The summed E-state index contributed by atoms with van der Waals surface area (Å²) < 4.78 is 13.8. The standard InChI is InChI=1S/C20H20Cl3FN2O2S/c1-11(13-9-17(24)16(23)10-15(13)22)25-20(28)18(7-8-29-2)26-19(27)12-5-3-4-6-14(12)21/h3-6,9-11,18H,7-8H2,1-2H3,(H,25,28)(H,26,27). The van der Waals surface area contributed by atoms with E-state index in [2.05, 4.69) is 10.6 Å². The number of carbonyl (C=O) groups excluding carboxylic acids is 2. The third-order valence-corrected chi connectivity index (χ3v) is 5.81. The molecule has 0 saturated heterocycles. The van der Waals surface area contributed by atoms with Crippen molar-refractivity contribution in [2.45, 2.75) is 25.4 Å². The lowest BCUT2D eigenvalue weighted by atomic mass is 10.1. The van der Waals surface area contributed by atoms with Crippen molar-refractivity contribution in [3.8, 4) is 0 Å². The zero-order valence-electron chi connectivity index (χ0n) is 15.8. The Morgan fingerprint density at radius 1 is 1.07 bits per heavy atom. The molecular weight excluding hydrogens is 458 g/mol. The van der Waals surface area contributed by atoms with Crippen LogP contribution in [0.15, 0.2) is 36.4 Å². The minimum absolute atomic E-state index is 0.0953. The maximum absolute atomic E-state index is 13.8. The van der Waals surface area contributed by atoms with Crippen molar-refractivity contribution >= 4 is 58.4 Å². The van der Waals surface area contributed by atoms with E-state index in [4.69, 9.17) is 34.8 Å². The summed E-state index contributed by atoms with van der Waals surface area (Å²) in [5.74, 6) is -0.817.